The molecule has 0 amide bonds. The first kappa shape index (κ1) is 14.1. The normalized spacial score (nSPS) is 18.8. The van der Waals surface area contributed by atoms with Crippen molar-refractivity contribution in [1.82, 2.24) is 10.2 Å². The maximum absolute atomic E-state index is 6.29. The molecule has 2 rings (SSSR count). The minimum Gasteiger partial charge on any atom is -0.353 e. The second-order valence-corrected chi connectivity index (χ2v) is 7.34. The highest BCUT2D eigenvalue weighted by atomic mass is 32.2. The van der Waals surface area contributed by atoms with Gasteiger partial charge in [0.05, 0.1) is 0 Å². The molecule has 1 heterocycles. The number of hydrogen-bond donors (Lipinski definition) is 1. The summed E-state index contributed by atoms with van der Waals surface area (Å²) in [5, 5.41) is 9.29. The van der Waals surface area contributed by atoms with Gasteiger partial charge in [0.25, 0.3) is 0 Å². The SMILES string of the molecule is CN(C)c1nnc(SCC(N)C2CCCCC2)s1. The predicted octanol–water partition coefficient (Wildman–Crippen LogP) is 2.60. The van der Waals surface area contributed by atoms with E-state index in [4.69, 9.17) is 5.73 Å². The van der Waals surface area contributed by atoms with Gasteiger partial charge in [-0.15, -0.1) is 10.2 Å². The average Bonchev–Trinajstić information content (AvgIpc) is 2.86. The fourth-order valence-electron chi connectivity index (χ4n) is 2.31. The van der Waals surface area contributed by atoms with Crippen molar-refractivity contribution < 1.29 is 0 Å². The molecule has 1 fully saturated rings. The van der Waals surface area contributed by atoms with Gasteiger partial charge >= 0.3 is 0 Å². The smallest absolute Gasteiger partial charge is 0.208 e. The van der Waals surface area contributed by atoms with Crippen LogP contribution >= 0.6 is 23.1 Å². The Balaban J connectivity index is 1.79. The van der Waals surface area contributed by atoms with Gasteiger partial charge in [0.2, 0.25) is 5.13 Å². The van der Waals surface area contributed by atoms with Crippen LogP contribution in [0.25, 0.3) is 0 Å². The highest BCUT2D eigenvalue weighted by molar-refractivity contribution is 8.01. The Morgan fingerprint density at radius 1 is 1.33 bits per heavy atom. The van der Waals surface area contributed by atoms with Gasteiger partial charge in [-0.2, -0.15) is 0 Å². The lowest BCUT2D eigenvalue weighted by Gasteiger charge is -2.26. The number of nitrogens with zero attached hydrogens (tertiary/aromatic N) is 3. The van der Waals surface area contributed by atoms with Gasteiger partial charge in [-0.1, -0.05) is 42.4 Å². The van der Waals surface area contributed by atoms with Crippen LogP contribution in [-0.4, -0.2) is 36.1 Å². The van der Waals surface area contributed by atoms with Crippen molar-refractivity contribution in [2.24, 2.45) is 11.7 Å². The van der Waals surface area contributed by atoms with E-state index in [1.165, 1.54) is 32.1 Å². The maximum atomic E-state index is 6.29. The third-order valence-electron chi connectivity index (χ3n) is 3.43. The molecule has 1 aromatic rings. The minimum absolute atomic E-state index is 0.307. The third kappa shape index (κ3) is 3.83. The largest absolute Gasteiger partial charge is 0.353 e. The Kier molecular flexibility index (Phi) is 5.26. The molecule has 1 unspecified atom stereocenters. The molecule has 4 nitrogen and oxygen atoms in total. The molecule has 102 valence electrons. The molecule has 6 heteroatoms. The van der Waals surface area contributed by atoms with E-state index in [0.717, 1.165) is 15.2 Å². The number of anilines is 1. The molecule has 2 N–H and O–H groups in total. The van der Waals surface area contributed by atoms with Crippen LogP contribution in [0.2, 0.25) is 0 Å². The molecule has 1 aliphatic rings. The molecule has 0 bridgehead atoms. The number of rotatable bonds is 5. The second-order valence-electron chi connectivity index (χ2n) is 5.12. The van der Waals surface area contributed by atoms with E-state index >= 15 is 0 Å². The summed E-state index contributed by atoms with van der Waals surface area (Å²) in [7, 11) is 3.98. The van der Waals surface area contributed by atoms with E-state index in [9.17, 15) is 0 Å². The fourth-order valence-corrected chi connectivity index (χ4v) is 4.18. The molecule has 1 saturated carbocycles. The molecule has 0 spiro atoms. The summed E-state index contributed by atoms with van der Waals surface area (Å²) in [6.45, 7) is 0. The maximum Gasteiger partial charge on any atom is 0.208 e. The number of aromatic nitrogens is 2. The highest BCUT2D eigenvalue weighted by Gasteiger charge is 2.21. The number of hydrogen-bond acceptors (Lipinski definition) is 6. The zero-order valence-corrected chi connectivity index (χ0v) is 12.8. The van der Waals surface area contributed by atoms with Gasteiger partial charge in [0, 0.05) is 25.9 Å². The van der Waals surface area contributed by atoms with Gasteiger partial charge < -0.3 is 10.6 Å². The molecule has 1 aliphatic carbocycles. The first-order valence-electron chi connectivity index (χ1n) is 6.56. The summed E-state index contributed by atoms with van der Waals surface area (Å²) in [6, 6.07) is 0.307. The van der Waals surface area contributed by atoms with Crippen molar-refractivity contribution in [3.8, 4) is 0 Å². The molecule has 0 aromatic carbocycles. The van der Waals surface area contributed by atoms with Crippen molar-refractivity contribution in [3.63, 3.8) is 0 Å². The van der Waals surface area contributed by atoms with Crippen LogP contribution in [0.3, 0.4) is 0 Å². The standard InChI is InChI=1S/C12H22N4S2/c1-16(2)11-14-15-12(18-11)17-8-10(13)9-6-4-3-5-7-9/h9-10H,3-8,13H2,1-2H3. The van der Waals surface area contributed by atoms with Gasteiger partial charge in [0.15, 0.2) is 4.34 Å². The van der Waals surface area contributed by atoms with E-state index in [1.54, 1.807) is 23.1 Å². The summed E-state index contributed by atoms with van der Waals surface area (Å²) in [6.07, 6.45) is 6.71. The van der Waals surface area contributed by atoms with E-state index in [-0.39, 0.29) is 0 Å². The molecule has 0 radical (unpaired) electrons. The Hall–Kier alpha value is -0.330. The van der Waals surface area contributed by atoms with E-state index in [2.05, 4.69) is 10.2 Å². The van der Waals surface area contributed by atoms with Crippen LogP contribution in [0.5, 0.6) is 0 Å². The molecule has 1 aromatic heterocycles. The van der Waals surface area contributed by atoms with Crippen molar-refractivity contribution in [2.75, 3.05) is 24.7 Å². The lowest BCUT2D eigenvalue weighted by atomic mass is 9.85. The number of thioether (sulfide) groups is 1. The average molecular weight is 286 g/mol. The Morgan fingerprint density at radius 3 is 2.67 bits per heavy atom. The topological polar surface area (TPSA) is 55.0 Å². The molecule has 0 saturated heterocycles. The first-order valence-corrected chi connectivity index (χ1v) is 8.36. The van der Waals surface area contributed by atoms with Crippen LogP contribution in [0.15, 0.2) is 4.34 Å². The predicted molar refractivity (Wildman–Crippen MR) is 79.5 cm³/mol. The van der Waals surface area contributed by atoms with Gasteiger partial charge in [-0.05, 0) is 18.8 Å². The lowest BCUT2D eigenvalue weighted by molar-refractivity contribution is 0.319. The van der Waals surface area contributed by atoms with Gasteiger partial charge in [-0.3, -0.25) is 0 Å². The van der Waals surface area contributed by atoms with Crippen molar-refractivity contribution in [3.05, 3.63) is 0 Å². The van der Waals surface area contributed by atoms with Crippen molar-refractivity contribution in [1.29, 1.82) is 0 Å². The van der Waals surface area contributed by atoms with Crippen LogP contribution < -0.4 is 10.6 Å². The van der Waals surface area contributed by atoms with E-state index in [1.807, 2.05) is 19.0 Å². The zero-order chi connectivity index (χ0) is 13.0. The minimum atomic E-state index is 0.307. The van der Waals surface area contributed by atoms with Gasteiger partial charge in [-0.25, -0.2) is 0 Å². The molecule has 1 atom stereocenters. The van der Waals surface area contributed by atoms with Crippen LogP contribution in [-0.2, 0) is 0 Å². The molecule has 0 aliphatic heterocycles. The molecular formula is C12H22N4S2. The lowest BCUT2D eigenvalue weighted by Crippen LogP contribution is -2.33. The first-order chi connectivity index (χ1) is 8.66. The van der Waals surface area contributed by atoms with Gasteiger partial charge in [0.1, 0.15) is 0 Å². The number of nitrogens with two attached hydrogens (primary N) is 1. The Labute approximate surface area is 117 Å². The van der Waals surface area contributed by atoms with E-state index < -0.39 is 0 Å². The Morgan fingerprint density at radius 2 is 2.06 bits per heavy atom. The molecular weight excluding hydrogens is 264 g/mol. The van der Waals surface area contributed by atoms with E-state index in [0.29, 0.717) is 12.0 Å². The summed E-state index contributed by atoms with van der Waals surface area (Å²) >= 11 is 3.39. The summed E-state index contributed by atoms with van der Waals surface area (Å²) in [5.74, 6) is 1.68. The summed E-state index contributed by atoms with van der Waals surface area (Å²) < 4.78 is 1.03. The quantitative estimate of drug-likeness (QED) is 0.843. The Bertz CT molecular complexity index is 361. The summed E-state index contributed by atoms with van der Waals surface area (Å²) in [4.78, 5) is 1.99. The second kappa shape index (κ2) is 6.73. The highest BCUT2D eigenvalue weighted by Crippen LogP contribution is 2.31. The molecule has 18 heavy (non-hydrogen) atoms. The monoisotopic (exact) mass is 286 g/mol. The van der Waals surface area contributed by atoms with Crippen LogP contribution in [0, 0.1) is 5.92 Å². The third-order valence-corrected chi connectivity index (χ3v) is 5.80. The van der Waals surface area contributed by atoms with Crippen molar-refractivity contribution in [2.45, 2.75) is 42.5 Å². The van der Waals surface area contributed by atoms with Crippen LogP contribution in [0.4, 0.5) is 5.13 Å². The van der Waals surface area contributed by atoms with Crippen LogP contribution in [0.1, 0.15) is 32.1 Å². The summed E-state index contributed by atoms with van der Waals surface area (Å²) in [5.41, 5.74) is 6.29. The fraction of sp³-hybridized carbons (Fsp3) is 0.833. The zero-order valence-electron chi connectivity index (χ0n) is 11.1. The van der Waals surface area contributed by atoms with Crippen molar-refractivity contribution >= 4 is 28.2 Å².